The van der Waals surface area contributed by atoms with Crippen molar-refractivity contribution in [3.05, 3.63) is 23.5 Å². The smallest absolute Gasteiger partial charge is 0.182 e. The van der Waals surface area contributed by atoms with Gasteiger partial charge in [0.05, 0.1) is 0 Å². The van der Waals surface area contributed by atoms with Gasteiger partial charge in [-0.2, -0.15) is 0 Å². The molecule has 1 fully saturated rings. The molecule has 1 aliphatic heterocycles. The first-order chi connectivity index (χ1) is 8.89. The van der Waals surface area contributed by atoms with E-state index in [1.807, 2.05) is 0 Å². The summed E-state index contributed by atoms with van der Waals surface area (Å²) in [6.07, 6.45) is 3.32. The average molecular weight is 287 g/mol. The second kappa shape index (κ2) is 5.46. The van der Waals surface area contributed by atoms with E-state index in [2.05, 4.69) is 5.32 Å². The van der Waals surface area contributed by atoms with Gasteiger partial charge in [-0.3, -0.25) is 0 Å². The first-order valence-corrected chi connectivity index (χ1v) is 8.20. The molecule has 2 N–H and O–H groups in total. The Bertz CT molecular complexity index is 565. The summed E-state index contributed by atoms with van der Waals surface area (Å²) in [6, 6.07) is 2.73. The van der Waals surface area contributed by atoms with Crippen LogP contribution in [0.5, 0.6) is 5.75 Å². The Morgan fingerprint density at radius 1 is 1.37 bits per heavy atom. The number of sulfone groups is 1. The molecule has 0 radical (unpaired) electrons. The summed E-state index contributed by atoms with van der Waals surface area (Å²) < 4.78 is 37.2. The summed E-state index contributed by atoms with van der Waals surface area (Å²) in [7, 11) is -3.76. The Balaban J connectivity index is 2.32. The number of rotatable bonds is 3. The van der Waals surface area contributed by atoms with Crippen molar-refractivity contribution in [2.24, 2.45) is 5.92 Å². The highest BCUT2D eigenvalue weighted by molar-refractivity contribution is 7.90. The maximum Gasteiger partial charge on any atom is 0.182 e. The minimum absolute atomic E-state index is 0.354. The number of benzene rings is 1. The monoisotopic (exact) mass is 287 g/mol. The third kappa shape index (κ3) is 3.25. The van der Waals surface area contributed by atoms with E-state index in [1.54, 1.807) is 0 Å². The van der Waals surface area contributed by atoms with Gasteiger partial charge in [-0.25, -0.2) is 12.8 Å². The summed E-state index contributed by atoms with van der Waals surface area (Å²) in [4.78, 5) is -0.584. The van der Waals surface area contributed by atoms with Crippen LogP contribution >= 0.6 is 0 Å². The van der Waals surface area contributed by atoms with Crippen molar-refractivity contribution < 1.29 is 17.9 Å². The van der Waals surface area contributed by atoms with Crippen LogP contribution in [0.25, 0.3) is 0 Å². The predicted octanol–water partition coefficient (Wildman–Crippen LogP) is 1.48. The predicted molar refractivity (Wildman–Crippen MR) is 70.5 cm³/mol. The molecule has 1 saturated heterocycles. The first-order valence-electron chi connectivity index (χ1n) is 6.30. The number of phenols is 1. The van der Waals surface area contributed by atoms with Crippen LogP contribution in [0.15, 0.2) is 17.0 Å². The van der Waals surface area contributed by atoms with E-state index in [1.165, 1.54) is 12.1 Å². The third-order valence-corrected chi connectivity index (χ3v) is 4.62. The topological polar surface area (TPSA) is 66.4 Å². The van der Waals surface area contributed by atoms with Crippen LogP contribution in [0, 0.1) is 11.7 Å². The quantitative estimate of drug-likeness (QED) is 0.883. The van der Waals surface area contributed by atoms with Crippen LogP contribution in [-0.4, -0.2) is 32.9 Å². The minimum Gasteiger partial charge on any atom is -0.506 e. The van der Waals surface area contributed by atoms with Crippen molar-refractivity contribution in [1.82, 2.24) is 5.32 Å². The van der Waals surface area contributed by atoms with Crippen molar-refractivity contribution >= 4 is 9.84 Å². The van der Waals surface area contributed by atoms with Gasteiger partial charge in [0.15, 0.2) is 9.84 Å². The van der Waals surface area contributed by atoms with Crippen LogP contribution in [0.4, 0.5) is 4.39 Å². The Kier molecular flexibility index (Phi) is 4.10. The van der Waals surface area contributed by atoms with Gasteiger partial charge in [-0.15, -0.1) is 0 Å². The molecule has 6 heteroatoms. The number of hydrogen-bond donors (Lipinski definition) is 2. The van der Waals surface area contributed by atoms with Crippen LogP contribution in [0.1, 0.15) is 18.4 Å². The Morgan fingerprint density at radius 2 is 2.00 bits per heavy atom. The second-order valence-electron chi connectivity index (χ2n) is 5.06. The zero-order chi connectivity index (χ0) is 14.0. The standard InChI is InChI=1S/C13H18FNO3S/c1-19(17,18)13-11(16)3-2-10(12(13)14)8-9-4-6-15-7-5-9/h2-3,9,15-16H,4-8H2,1H3. The fraction of sp³-hybridized carbons (Fsp3) is 0.538. The zero-order valence-electron chi connectivity index (χ0n) is 10.8. The molecule has 1 aromatic carbocycles. The van der Waals surface area contributed by atoms with Gasteiger partial charge in [0.1, 0.15) is 16.5 Å². The van der Waals surface area contributed by atoms with Gasteiger partial charge in [0, 0.05) is 6.26 Å². The van der Waals surface area contributed by atoms with Crippen molar-refractivity contribution in [2.45, 2.75) is 24.2 Å². The van der Waals surface area contributed by atoms with Crippen molar-refractivity contribution in [1.29, 1.82) is 0 Å². The van der Waals surface area contributed by atoms with E-state index in [9.17, 15) is 17.9 Å². The van der Waals surface area contributed by atoms with E-state index < -0.39 is 26.3 Å². The Hall–Kier alpha value is -1.14. The third-order valence-electron chi connectivity index (χ3n) is 3.49. The summed E-state index contributed by atoms with van der Waals surface area (Å²) in [6.45, 7) is 1.81. The van der Waals surface area contributed by atoms with Gasteiger partial charge in [-0.1, -0.05) is 6.07 Å². The maximum absolute atomic E-state index is 14.2. The maximum atomic E-state index is 14.2. The second-order valence-corrected chi connectivity index (χ2v) is 7.01. The van der Waals surface area contributed by atoms with Gasteiger partial charge in [0.25, 0.3) is 0 Å². The molecule has 0 unspecified atom stereocenters. The molecule has 0 saturated carbocycles. The molecule has 1 aliphatic rings. The number of phenolic OH excluding ortho intramolecular Hbond substituents is 1. The van der Waals surface area contributed by atoms with Crippen molar-refractivity contribution in [2.75, 3.05) is 19.3 Å². The van der Waals surface area contributed by atoms with Crippen LogP contribution in [0.2, 0.25) is 0 Å². The molecule has 106 valence electrons. The van der Waals surface area contributed by atoms with Crippen molar-refractivity contribution in [3.63, 3.8) is 0 Å². The Morgan fingerprint density at radius 3 is 2.58 bits per heavy atom. The van der Waals surface area contributed by atoms with Crippen LogP contribution in [0.3, 0.4) is 0 Å². The average Bonchev–Trinajstić information content (AvgIpc) is 2.32. The molecular formula is C13H18FNO3S. The lowest BCUT2D eigenvalue weighted by Gasteiger charge is -2.23. The normalized spacial score (nSPS) is 17.6. The summed E-state index contributed by atoms with van der Waals surface area (Å²) >= 11 is 0. The van der Waals surface area contributed by atoms with E-state index in [-0.39, 0.29) is 0 Å². The highest BCUT2D eigenvalue weighted by Gasteiger charge is 2.23. The zero-order valence-corrected chi connectivity index (χ0v) is 11.6. The van der Waals surface area contributed by atoms with E-state index >= 15 is 0 Å². The molecular weight excluding hydrogens is 269 g/mol. The number of nitrogens with one attached hydrogen (secondary N) is 1. The lowest BCUT2D eigenvalue weighted by molar-refractivity contribution is 0.366. The molecule has 0 spiro atoms. The number of halogens is 1. The summed E-state index contributed by atoms with van der Waals surface area (Å²) in [5, 5.41) is 12.8. The Labute approximate surface area is 112 Å². The summed E-state index contributed by atoms with van der Waals surface area (Å²) in [5.74, 6) is -0.970. The van der Waals surface area contributed by atoms with E-state index in [4.69, 9.17) is 0 Å². The molecule has 0 aliphatic carbocycles. The molecule has 1 heterocycles. The van der Waals surface area contributed by atoms with E-state index in [0.717, 1.165) is 32.2 Å². The molecule has 19 heavy (non-hydrogen) atoms. The fourth-order valence-corrected chi connectivity index (χ4v) is 3.40. The fourth-order valence-electron chi connectivity index (χ4n) is 2.49. The van der Waals surface area contributed by atoms with Gasteiger partial charge < -0.3 is 10.4 Å². The summed E-state index contributed by atoms with van der Waals surface area (Å²) in [5.41, 5.74) is 0.366. The number of piperidine rings is 1. The molecule has 0 atom stereocenters. The van der Waals surface area contributed by atoms with E-state index in [0.29, 0.717) is 17.9 Å². The minimum atomic E-state index is -3.76. The lowest BCUT2D eigenvalue weighted by Crippen LogP contribution is -2.28. The molecule has 4 nitrogen and oxygen atoms in total. The molecule has 1 aromatic rings. The number of aromatic hydroxyl groups is 1. The van der Waals surface area contributed by atoms with Crippen LogP contribution < -0.4 is 5.32 Å². The van der Waals surface area contributed by atoms with Gasteiger partial charge >= 0.3 is 0 Å². The van der Waals surface area contributed by atoms with Crippen molar-refractivity contribution in [3.8, 4) is 5.75 Å². The van der Waals surface area contributed by atoms with Gasteiger partial charge in [-0.05, 0) is 49.9 Å². The number of hydrogen-bond acceptors (Lipinski definition) is 4. The van der Waals surface area contributed by atoms with Gasteiger partial charge in [0.2, 0.25) is 0 Å². The molecule has 0 aromatic heterocycles. The molecule has 0 amide bonds. The molecule has 2 rings (SSSR count). The SMILES string of the molecule is CS(=O)(=O)c1c(O)ccc(CC2CCNCC2)c1F. The molecule has 0 bridgehead atoms. The van der Waals surface area contributed by atoms with Crippen LogP contribution in [-0.2, 0) is 16.3 Å². The highest BCUT2D eigenvalue weighted by atomic mass is 32.2. The lowest BCUT2D eigenvalue weighted by atomic mass is 9.91. The first kappa shape index (κ1) is 14.3. The largest absolute Gasteiger partial charge is 0.506 e. The highest BCUT2D eigenvalue weighted by Crippen LogP contribution is 2.30.